The van der Waals surface area contributed by atoms with Gasteiger partial charge in [-0.1, -0.05) is 45.4 Å². The van der Waals surface area contributed by atoms with Crippen molar-refractivity contribution in [2.24, 2.45) is 5.92 Å². The third kappa shape index (κ3) is 2.51. The van der Waals surface area contributed by atoms with Crippen LogP contribution in [-0.4, -0.2) is 5.91 Å². The Bertz CT molecular complexity index is 425. The average molecular weight is 231 g/mol. The molecule has 2 nitrogen and oxygen atoms in total. The number of amides is 1. The minimum absolute atomic E-state index is 0.00317. The molecule has 0 spiro atoms. The number of para-hydroxylation sites is 1. The van der Waals surface area contributed by atoms with Gasteiger partial charge in [0.15, 0.2) is 0 Å². The van der Waals surface area contributed by atoms with Gasteiger partial charge >= 0.3 is 0 Å². The third-order valence-electron chi connectivity index (χ3n) is 3.68. The maximum absolute atomic E-state index is 11.8. The Kier molecular flexibility index (Phi) is 3.23. The molecule has 2 heteroatoms. The summed E-state index contributed by atoms with van der Waals surface area (Å²) < 4.78 is 0. The predicted octanol–water partition coefficient (Wildman–Crippen LogP) is 3.72. The van der Waals surface area contributed by atoms with E-state index in [4.69, 9.17) is 0 Å². The number of rotatable bonds is 3. The fourth-order valence-corrected chi connectivity index (χ4v) is 2.59. The Balaban J connectivity index is 2.30. The Morgan fingerprint density at radius 2 is 2.06 bits per heavy atom. The first-order valence-corrected chi connectivity index (χ1v) is 6.41. The van der Waals surface area contributed by atoms with Gasteiger partial charge in [0.2, 0.25) is 5.91 Å². The van der Waals surface area contributed by atoms with Crippen LogP contribution in [0.1, 0.15) is 45.6 Å². The molecular formula is C15H21NO. The second-order valence-corrected chi connectivity index (χ2v) is 5.76. The fraction of sp³-hybridized carbons (Fsp3) is 0.533. The quantitative estimate of drug-likeness (QED) is 0.844. The summed E-state index contributed by atoms with van der Waals surface area (Å²) >= 11 is 0. The number of nitrogens with one attached hydrogen (secondary N) is 1. The first-order chi connectivity index (χ1) is 8.01. The molecule has 92 valence electrons. The lowest BCUT2D eigenvalue weighted by Crippen LogP contribution is -2.35. The molecule has 17 heavy (non-hydrogen) atoms. The molecular weight excluding hydrogens is 210 g/mol. The minimum Gasteiger partial charge on any atom is -0.326 e. The molecule has 1 atom stereocenters. The van der Waals surface area contributed by atoms with E-state index in [2.05, 4.69) is 38.2 Å². The van der Waals surface area contributed by atoms with Gasteiger partial charge in [-0.3, -0.25) is 4.79 Å². The molecule has 0 aromatic heterocycles. The summed E-state index contributed by atoms with van der Waals surface area (Å²) in [4.78, 5) is 11.8. The SMILES string of the molecule is CC(C)CCC1(C)CC(=O)Nc2ccccc21. The van der Waals surface area contributed by atoms with Crippen LogP contribution in [0.3, 0.4) is 0 Å². The van der Waals surface area contributed by atoms with Crippen LogP contribution in [0.25, 0.3) is 0 Å². The van der Waals surface area contributed by atoms with Crippen LogP contribution < -0.4 is 5.32 Å². The van der Waals surface area contributed by atoms with Crippen molar-refractivity contribution in [1.29, 1.82) is 0 Å². The monoisotopic (exact) mass is 231 g/mol. The van der Waals surface area contributed by atoms with Gasteiger partial charge in [0.1, 0.15) is 0 Å². The van der Waals surface area contributed by atoms with Crippen LogP contribution in [0.2, 0.25) is 0 Å². The predicted molar refractivity (Wildman–Crippen MR) is 71.1 cm³/mol. The van der Waals surface area contributed by atoms with E-state index in [1.807, 2.05) is 12.1 Å². The van der Waals surface area contributed by atoms with Crippen LogP contribution >= 0.6 is 0 Å². The summed E-state index contributed by atoms with van der Waals surface area (Å²) in [7, 11) is 0. The van der Waals surface area contributed by atoms with Crippen LogP contribution in [0.15, 0.2) is 24.3 Å². The summed E-state index contributed by atoms with van der Waals surface area (Å²) in [5.74, 6) is 0.832. The standard InChI is InChI=1S/C15H21NO/c1-11(2)8-9-15(3)10-14(17)16-13-7-5-4-6-12(13)15/h4-7,11H,8-10H2,1-3H3,(H,16,17). The molecule has 1 heterocycles. The van der Waals surface area contributed by atoms with Gasteiger partial charge in [0.25, 0.3) is 0 Å². The molecule has 0 radical (unpaired) electrons. The number of carbonyl (C=O) groups is 1. The highest BCUT2D eigenvalue weighted by atomic mass is 16.1. The number of benzene rings is 1. The van der Waals surface area contributed by atoms with Crippen molar-refractivity contribution >= 4 is 11.6 Å². The van der Waals surface area contributed by atoms with Crippen molar-refractivity contribution in [2.45, 2.75) is 45.4 Å². The highest BCUT2D eigenvalue weighted by Gasteiger charge is 2.35. The summed E-state index contributed by atoms with van der Waals surface area (Å²) in [5.41, 5.74) is 2.29. The Morgan fingerprint density at radius 1 is 1.35 bits per heavy atom. The van der Waals surface area contributed by atoms with Crippen molar-refractivity contribution in [3.63, 3.8) is 0 Å². The number of anilines is 1. The van der Waals surface area contributed by atoms with Gasteiger partial charge in [-0.25, -0.2) is 0 Å². The van der Waals surface area contributed by atoms with E-state index in [1.165, 1.54) is 5.56 Å². The van der Waals surface area contributed by atoms with E-state index in [-0.39, 0.29) is 11.3 Å². The molecule has 0 fully saturated rings. The molecule has 0 saturated heterocycles. The molecule has 1 aliphatic rings. The van der Waals surface area contributed by atoms with Gasteiger partial charge in [-0.05, 0) is 24.0 Å². The van der Waals surface area contributed by atoms with E-state index in [0.29, 0.717) is 12.3 Å². The zero-order chi connectivity index (χ0) is 12.5. The second-order valence-electron chi connectivity index (χ2n) is 5.76. The van der Waals surface area contributed by atoms with Gasteiger partial charge in [0, 0.05) is 17.5 Å². The molecule has 0 aliphatic carbocycles. The van der Waals surface area contributed by atoms with Crippen LogP contribution in [0.4, 0.5) is 5.69 Å². The summed E-state index contributed by atoms with van der Waals surface area (Å²) in [6.07, 6.45) is 2.85. The largest absolute Gasteiger partial charge is 0.326 e. The molecule has 1 aromatic rings. The molecule has 1 N–H and O–H groups in total. The first-order valence-electron chi connectivity index (χ1n) is 6.41. The third-order valence-corrected chi connectivity index (χ3v) is 3.68. The average Bonchev–Trinajstić information content (AvgIpc) is 2.26. The highest BCUT2D eigenvalue weighted by Crippen LogP contribution is 2.41. The summed E-state index contributed by atoms with van der Waals surface area (Å²) in [5, 5.41) is 2.96. The van der Waals surface area contributed by atoms with Crippen molar-refractivity contribution in [1.82, 2.24) is 0 Å². The Hall–Kier alpha value is -1.31. The molecule has 1 aromatic carbocycles. The lowest BCUT2D eigenvalue weighted by atomic mass is 9.72. The first kappa shape index (κ1) is 12.2. The Labute approximate surface area is 103 Å². The van der Waals surface area contributed by atoms with E-state index >= 15 is 0 Å². The zero-order valence-electron chi connectivity index (χ0n) is 10.9. The highest BCUT2D eigenvalue weighted by molar-refractivity contribution is 5.95. The summed E-state index contributed by atoms with van der Waals surface area (Å²) in [6.45, 7) is 6.68. The number of fused-ring (bicyclic) bond motifs is 1. The van der Waals surface area contributed by atoms with Crippen LogP contribution in [0.5, 0.6) is 0 Å². The lowest BCUT2D eigenvalue weighted by molar-refractivity contribution is -0.117. The lowest BCUT2D eigenvalue weighted by Gasteiger charge is -2.36. The molecule has 0 saturated carbocycles. The van der Waals surface area contributed by atoms with Crippen LogP contribution in [0, 0.1) is 5.92 Å². The van der Waals surface area contributed by atoms with Gasteiger partial charge in [-0.2, -0.15) is 0 Å². The summed E-state index contributed by atoms with van der Waals surface area (Å²) in [6, 6.07) is 8.19. The van der Waals surface area contributed by atoms with E-state index in [1.54, 1.807) is 0 Å². The maximum atomic E-state index is 11.8. The topological polar surface area (TPSA) is 29.1 Å². The fourth-order valence-electron chi connectivity index (χ4n) is 2.59. The molecule has 0 bridgehead atoms. The normalized spacial score (nSPS) is 23.4. The number of carbonyl (C=O) groups excluding carboxylic acids is 1. The minimum atomic E-state index is 0.00317. The number of hydrogen-bond acceptors (Lipinski definition) is 1. The van der Waals surface area contributed by atoms with E-state index in [0.717, 1.165) is 18.5 Å². The second kappa shape index (κ2) is 4.52. The number of hydrogen-bond donors (Lipinski definition) is 1. The van der Waals surface area contributed by atoms with E-state index in [9.17, 15) is 4.79 Å². The van der Waals surface area contributed by atoms with Crippen molar-refractivity contribution in [3.8, 4) is 0 Å². The van der Waals surface area contributed by atoms with Gasteiger partial charge in [-0.15, -0.1) is 0 Å². The van der Waals surface area contributed by atoms with E-state index < -0.39 is 0 Å². The van der Waals surface area contributed by atoms with Crippen molar-refractivity contribution in [2.75, 3.05) is 5.32 Å². The van der Waals surface area contributed by atoms with Gasteiger partial charge in [0.05, 0.1) is 0 Å². The molecule has 2 rings (SSSR count). The van der Waals surface area contributed by atoms with Gasteiger partial charge < -0.3 is 5.32 Å². The smallest absolute Gasteiger partial charge is 0.225 e. The molecule has 1 aliphatic heterocycles. The Morgan fingerprint density at radius 3 is 2.76 bits per heavy atom. The molecule has 1 unspecified atom stereocenters. The molecule has 1 amide bonds. The van der Waals surface area contributed by atoms with Crippen molar-refractivity contribution in [3.05, 3.63) is 29.8 Å². The zero-order valence-corrected chi connectivity index (χ0v) is 10.9. The maximum Gasteiger partial charge on any atom is 0.225 e. The van der Waals surface area contributed by atoms with Crippen LogP contribution in [-0.2, 0) is 10.2 Å². The van der Waals surface area contributed by atoms with Crippen molar-refractivity contribution < 1.29 is 4.79 Å².